The van der Waals surface area contributed by atoms with E-state index in [-0.39, 0.29) is 18.9 Å². The molecular formula is C18H21NO3. The molecule has 0 spiro atoms. The van der Waals surface area contributed by atoms with Gasteiger partial charge in [0.25, 0.3) is 0 Å². The number of aliphatic hydroxyl groups is 1. The zero-order valence-electron chi connectivity index (χ0n) is 12.9. The van der Waals surface area contributed by atoms with Gasteiger partial charge in [0, 0.05) is 12.1 Å². The minimum absolute atomic E-state index is 0.142. The number of methoxy groups -OCH3 is 1. The number of hydrogen-bond acceptors (Lipinski definition) is 3. The fourth-order valence-corrected chi connectivity index (χ4v) is 2.37. The number of aliphatic hydroxyl groups excluding tert-OH is 1. The van der Waals surface area contributed by atoms with Crippen LogP contribution in [0.5, 0.6) is 5.75 Å². The number of nitrogens with one attached hydrogen (secondary N) is 1. The summed E-state index contributed by atoms with van der Waals surface area (Å²) >= 11 is 0. The van der Waals surface area contributed by atoms with Crippen LogP contribution >= 0.6 is 0 Å². The summed E-state index contributed by atoms with van der Waals surface area (Å²) in [5, 5.41) is 12.9. The van der Waals surface area contributed by atoms with Crippen molar-refractivity contribution < 1.29 is 14.6 Å². The maximum atomic E-state index is 12.0. The largest absolute Gasteiger partial charge is 0.496 e. The van der Waals surface area contributed by atoms with Crippen LogP contribution < -0.4 is 10.1 Å². The number of aryl methyl sites for hydroxylation is 1. The second-order valence-corrected chi connectivity index (χ2v) is 5.17. The van der Waals surface area contributed by atoms with E-state index < -0.39 is 6.10 Å². The standard InChI is InChI=1S/C18H21NO3/c1-13-7-3-5-9-15(13)16(20)12-19-18(21)11-14-8-4-6-10-17(14)22-2/h3-10,16,20H,11-12H2,1-2H3,(H,19,21)/t16-/m1/s1. The summed E-state index contributed by atoms with van der Waals surface area (Å²) in [7, 11) is 1.58. The third kappa shape index (κ3) is 4.09. The minimum atomic E-state index is -0.706. The summed E-state index contributed by atoms with van der Waals surface area (Å²) in [4.78, 5) is 12.0. The quantitative estimate of drug-likeness (QED) is 0.861. The highest BCUT2D eigenvalue weighted by atomic mass is 16.5. The summed E-state index contributed by atoms with van der Waals surface area (Å²) in [6, 6.07) is 15.0. The lowest BCUT2D eigenvalue weighted by Gasteiger charge is -2.15. The van der Waals surface area contributed by atoms with Crippen LogP contribution in [0.25, 0.3) is 0 Å². The monoisotopic (exact) mass is 299 g/mol. The zero-order chi connectivity index (χ0) is 15.9. The molecule has 1 atom stereocenters. The highest BCUT2D eigenvalue weighted by Gasteiger charge is 2.13. The Hall–Kier alpha value is -2.33. The van der Waals surface area contributed by atoms with Crippen LogP contribution in [0.15, 0.2) is 48.5 Å². The lowest BCUT2D eigenvalue weighted by atomic mass is 10.0. The number of carbonyl (C=O) groups excluding carboxylic acids is 1. The Bertz CT molecular complexity index is 640. The third-order valence-corrected chi connectivity index (χ3v) is 3.58. The lowest BCUT2D eigenvalue weighted by Crippen LogP contribution is -2.30. The molecule has 0 aliphatic heterocycles. The zero-order valence-corrected chi connectivity index (χ0v) is 12.9. The van der Waals surface area contributed by atoms with Gasteiger partial charge in [-0.3, -0.25) is 4.79 Å². The van der Waals surface area contributed by atoms with Gasteiger partial charge in [-0.2, -0.15) is 0 Å². The van der Waals surface area contributed by atoms with Crippen LogP contribution in [0.4, 0.5) is 0 Å². The lowest BCUT2D eigenvalue weighted by molar-refractivity contribution is -0.120. The van der Waals surface area contributed by atoms with Gasteiger partial charge in [0.05, 0.1) is 19.6 Å². The number of carbonyl (C=O) groups is 1. The van der Waals surface area contributed by atoms with Crippen molar-refractivity contribution in [3.05, 3.63) is 65.2 Å². The van der Waals surface area contributed by atoms with Crippen LogP contribution in [-0.4, -0.2) is 24.7 Å². The summed E-state index contributed by atoms with van der Waals surface area (Å²) in [6.45, 7) is 2.13. The summed E-state index contributed by atoms with van der Waals surface area (Å²) in [6.07, 6.45) is -0.479. The molecule has 4 nitrogen and oxygen atoms in total. The molecular weight excluding hydrogens is 278 g/mol. The molecule has 0 unspecified atom stereocenters. The molecule has 4 heteroatoms. The van der Waals surface area contributed by atoms with E-state index >= 15 is 0 Å². The molecule has 0 aliphatic carbocycles. The van der Waals surface area contributed by atoms with E-state index in [1.165, 1.54) is 0 Å². The Labute approximate surface area is 130 Å². The van der Waals surface area contributed by atoms with Crippen LogP contribution in [-0.2, 0) is 11.2 Å². The van der Waals surface area contributed by atoms with Crippen LogP contribution in [0.1, 0.15) is 22.8 Å². The first kappa shape index (κ1) is 16.0. The Balaban J connectivity index is 1.92. The van der Waals surface area contributed by atoms with Crippen molar-refractivity contribution >= 4 is 5.91 Å². The fourth-order valence-electron chi connectivity index (χ4n) is 2.37. The molecule has 2 aromatic rings. The average Bonchev–Trinajstić information content (AvgIpc) is 2.53. The molecule has 116 valence electrons. The number of hydrogen-bond donors (Lipinski definition) is 2. The number of benzene rings is 2. The summed E-state index contributed by atoms with van der Waals surface area (Å²) < 4.78 is 5.23. The molecule has 2 N–H and O–H groups in total. The van der Waals surface area contributed by atoms with Crippen molar-refractivity contribution in [1.82, 2.24) is 5.32 Å². The maximum absolute atomic E-state index is 12.0. The van der Waals surface area contributed by atoms with Crippen molar-refractivity contribution in [3.63, 3.8) is 0 Å². The fraction of sp³-hybridized carbons (Fsp3) is 0.278. The average molecular weight is 299 g/mol. The third-order valence-electron chi connectivity index (χ3n) is 3.58. The number of para-hydroxylation sites is 1. The van der Waals surface area contributed by atoms with E-state index in [9.17, 15) is 9.90 Å². The first-order valence-corrected chi connectivity index (χ1v) is 7.24. The van der Waals surface area contributed by atoms with E-state index in [4.69, 9.17) is 4.74 Å². The van der Waals surface area contributed by atoms with Crippen molar-refractivity contribution in [3.8, 4) is 5.75 Å². The Kier molecular flexibility index (Phi) is 5.55. The molecule has 0 saturated heterocycles. The van der Waals surface area contributed by atoms with Crippen LogP contribution in [0, 0.1) is 6.92 Å². The minimum Gasteiger partial charge on any atom is -0.496 e. The molecule has 22 heavy (non-hydrogen) atoms. The second-order valence-electron chi connectivity index (χ2n) is 5.17. The van der Waals surface area contributed by atoms with Gasteiger partial charge in [0.2, 0.25) is 5.91 Å². The second kappa shape index (κ2) is 7.61. The predicted octanol–water partition coefficient (Wildman–Crippen LogP) is 2.40. The van der Waals surface area contributed by atoms with Gasteiger partial charge < -0.3 is 15.2 Å². The Morgan fingerprint density at radius 3 is 2.59 bits per heavy atom. The molecule has 1 amide bonds. The van der Waals surface area contributed by atoms with Gasteiger partial charge in [-0.15, -0.1) is 0 Å². The normalized spacial score (nSPS) is 11.8. The van der Waals surface area contributed by atoms with Gasteiger partial charge in [-0.1, -0.05) is 42.5 Å². The molecule has 2 aromatic carbocycles. The number of ether oxygens (including phenoxy) is 1. The van der Waals surface area contributed by atoms with E-state index in [0.717, 1.165) is 16.7 Å². The van der Waals surface area contributed by atoms with Gasteiger partial charge >= 0.3 is 0 Å². The van der Waals surface area contributed by atoms with Crippen LogP contribution in [0.2, 0.25) is 0 Å². The van der Waals surface area contributed by atoms with E-state index in [0.29, 0.717) is 5.75 Å². The van der Waals surface area contributed by atoms with Gasteiger partial charge in [0.1, 0.15) is 5.75 Å². The Morgan fingerprint density at radius 2 is 1.86 bits per heavy atom. The van der Waals surface area contributed by atoms with Crippen molar-refractivity contribution in [2.75, 3.05) is 13.7 Å². The SMILES string of the molecule is COc1ccccc1CC(=O)NC[C@@H](O)c1ccccc1C. The number of rotatable bonds is 6. The van der Waals surface area contributed by atoms with Gasteiger partial charge in [-0.25, -0.2) is 0 Å². The van der Waals surface area contributed by atoms with Crippen molar-refractivity contribution in [2.45, 2.75) is 19.4 Å². The van der Waals surface area contributed by atoms with E-state index in [2.05, 4.69) is 5.32 Å². The molecule has 0 aromatic heterocycles. The molecule has 0 aliphatic rings. The summed E-state index contributed by atoms with van der Waals surface area (Å²) in [5.41, 5.74) is 2.67. The predicted molar refractivity (Wildman–Crippen MR) is 85.8 cm³/mol. The van der Waals surface area contributed by atoms with E-state index in [1.54, 1.807) is 7.11 Å². The van der Waals surface area contributed by atoms with E-state index in [1.807, 2.05) is 55.5 Å². The highest BCUT2D eigenvalue weighted by molar-refractivity contribution is 5.79. The van der Waals surface area contributed by atoms with Gasteiger partial charge in [-0.05, 0) is 24.1 Å². The first-order chi connectivity index (χ1) is 10.6. The molecule has 0 bridgehead atoms. The van der Waals surface area contributed by atoms with Crippen molar-refractivity contribution in [1.29, 1.82) is 0 Å². The molecule has 2 rings (SSSR count). The highest BCUT2D eigenvalue weighted by Crippen LogP contribution is 2.18. The van der Waals surface area contributed by atoms with Gasteiger partial charge in [0.15, 0.2) is 0 Å². The Morgan fingerprint density at radius 1 is 1.18 bits per heavy atom. The molecule has 0 saturated carbocycles. The smallest absolute Gasteiger partial charge is 0.224 e. The first-order valence-electron chi connectivity index (χ1n) is 7.24. The molecule has 0 fully saturated rings. The molecule has 0 radical (unpaired) electrons. The topological polar surface area (TPSA) is 58.6 Å². The molecule has 0 heterocycles. The summed E-state index contributed by atoms with van der Waals surface area (Å²) in [5.74, 6) is 0.550. The van der Waals surface area contributed by atoms with Crippen molar-refractivity contribution in [2.24, 2.45) is 0 Å². The maximum Gasteiger partial charge on any atom is 0.224 e. The van der Waals surface area contributed by atoms with Crippen LogP contribution in [0.3, 0.4) is 0 Å². The number of amides is 1.